The molecule has 14 heteroatoms. The summed E-state index contributed by atoms with van der Waals surface area (Å²) in [6.45, 7) is 2.94. The molecule has 6 atom stereocenters. The van der Waals surface area contributed by atoms with Gasteiger partial charge in [-0.3, -0.25) is 19.1 Å². The van der Waals surface area contributed by atoms with E-state index in [4.69, 9.17) is 35.1 Å². The van der Waals surface area contributed by atoms with Crippen LogP contribution in [-0.2, 0) is 35.3 Å². The van der Waals surface area contributed by atoms with Gasteiger partial charge in [-0.2, -0.15) is 0 Å². The zero-order valence-electron chi connectivity index (χ0n) is 21.2. The first-order valence-electron chi connectivity index (χ1n) is 11.6. The molecule has 0 radical (unpaired) electrons. The number of esters is 1. The van der Waals surface area contributed by atoms with Gasteiger partial charge in [-0.1, -0.05) is 18.2 Å². The number of rotatable bonds is 11. The summed E-state index contributed by atoms with van der Waals surface area (Å²) in [5.41, 5.74) is -2.68. The van der Waals surface area contributed by atoms with Crippen molar-refractivity contribution in [3.63, 3.8) is 0 Å². The Morgan fingerprint density at radius 1 is 1.27 bits per heavy atom. The van der Waals surface area contributed by atoms with E-state index in [9.17, 15) is 19.5 Å². The Labute approximate surface area is 219 Å². The molecule has 0 amide bonds. The van der Waals surface area contributed by atoms with Gasteiger partial charge in [0.15, 0.2) is 6.23 Å². The molecule has 1 aromatic heterocycles. The molecule has 1 fully saturated rings. The predicted octanol–water partition coefficient (Wildman–Crippen LogP) is 1.45. The predicted molar refractivity (Wildman–Crippen MR) is 138 cm³/mol. The lowest BCUT2D eigenvalue weighted by molar-refractivity contribution is -0.149. The minimum Gasteiger partial charge on any atom is -0.462 e. The Bertz CT molecular complexity index is 1240. The van der Waals surface area contributed by atoms with E-state index in [2.05, 4.69) is 10.1 Å². The van der Waals surface area contributed by atoms with E-state index in [-0.39, 0.29) is 12.7 Å². The fourth-order valence-electron chi connectivity index (χ4n) is 3.70. The first-order chi connectivity index (χ1) is 17.4. The van der Waals surface area contributed by atoms with Gasteiger partial charge >= 0.3 is 18.3 Å². The van der Waals surface area contributed by atoms with Gasteiger partial charge < -0.3 is 28.4 Å². The smallest absolute Gasteiger partial charge is 0.330 e. The number of methoxy groups -OCH3 is 1. The third-order valence-corrected chi connectivity index (χ3v) is 8.21. The van der Waals surface area contributed by atoms with Crippen molar-refractivity contribution >= 4 is 24.4 Å². The molecule has 204 valence electrons. The number of para-hydroxylation sites is 1. The number of hydrogen-bond acceptors (Lipinski definition) is 10. The van der Waals surface area contributed by atoms with Crippen LogP contribution in [0.25, 0.3) is 0 Å². The number of carbonyl (C=O) groups is 1. The molecule has 0 saturated carbocycles. The Balaban J connectivity index is 1.83. The van der Waals surface area contributed by atoms with Crippen molar-refractivity contribution in [2.24, 2.45) is 0 Å². The third-order valence-electron chi connectivity index (χ3n) is 5.71. The summed E-state index contributed by atoms with van der Waals surface area (Å²) < 4.78 is 29.8. The van der Waals surface area contributed by atoms with Crippen LogP contribution in [0.15, 0.2) is 52.2 Å². The topological polar surface area (TPSA) is 150 Å². The van der Waals surface area contributed by atoms with Crippen molar-refractivity contribution in [2.45, 2.75) is 63.9 Å². The van der Waals surface area contributed by atoms with E-state index in [1.807, 2.05) is 0 Å². The van der Waals surface area contributed by atoms with Crippen molar-refractivity contribution in [1.29, 1.82) is 0 Å². The second kappa shape index (κ2) is 12.0. The summed E-state index contributed by atoms with van der Waals surface area (Å²) in [6, 6.07) is 8.99. The average Bonchev–Trinajstić information content (AvgIpc) is 3.08. The largest absolute Gasteiger partial charge is 0.462 e. The molecule has 37 heavy (non-hydrogen) atoms. The van der Waals surface area contributed by atoms with Gasteiger partial charge in [0.25, 0.3) is 5.56 Å². The minimum absolute atomic E-state index is 0.266. The minimum atomic E-state index is -3.40. The molecule has 2 aromatic rings. The van der Waals surface area contributed by atoms with Crippen LogP contribution in [0, 0.1) is 0 Å². The molecule has 0 bridgehead atoms. The van der Waals surface area contributed by atoms with Gasteiger partial charge in [-0.05, 0) is 51.6 Å². The number of ether oxygens (including phenoxy) is 3. The standard InChI is InChI=1S/C23H32N3O9PS/c1-14(2)33-20(29)15(3)25-36(37,35-16-9-7-6-8-10-16)32-13-17-19(28)23(4,31-5)21(34-17)26-12-11-18(27)24-22(26)30/h6-12,14-15,17,19,21,28H,13H2,1-5H3,(H,25,37)(H,24,27,30)/t15-,17+,19+,21+,23+,36?/m0/s1. The maximum Gasteiger partial charge on any atom is 0.330 e. The van der Waals surface area contributed by atoms with E-state index >= 15 is 0 Å². The zero-order valence-corrected chi connectivity index (χ0v) is 22.9. The van der Waals surface area contributed by atoms with E-state index in [1.165, 1.54) is 13.3 Å². The molecular formula is C23H32N3O9PS. The highest BCUT2D eigenvalue weighted by Crippen LogP contribution is 2.47. The number of carbonyl (C=O) groups excluding carboxylic acids is 1. The van der Waals surface area contributed by atoms with Crippen LogP contribution in [0.4, 0.5) is 0 Å². The number of nitrogens with one attached hydrogen (secondary N) is 2. The highest BCUT2D eigenvalue weighted by Gasteiger charge is 2.55. The molecule has 3 N–H and O–H groups in total. The zero-order chi connectivity index (χ0) is 27.4. The average molecular weight is 558 g/mol. The molecule has 1 aliphatic rings. The van der Waals surface area contributed by atoms with E-state index in [0.717, 1.165) is 10.6 Å². The first-order valence-corrected chi connectivity index (χ1v) is 14.2. The maximum atomic E-state index is 12.4. The molecule has 1 saturated heterocycles. The van der Waals surface area contributed by atoms with Gasteiger partial charge in [0.2, 0.25) is 0 Å². The van der Waals surface area contributed by atoms with Gasteiger partial charge in [0, 0.05) is 19.4 Å². The summed E-state index contributed by atoms with van der Waals surface area (Å²) in [7, 11) is 1.37. The van der Waals surface area contributed by atoms with Gasteiger partial charge in [0.1, 0.15) is 29.6 Å². The quantitative estimate of drug-likeness (QED) is 0.272. The number of aromatic amines is 1. The van der Waals surface area contributed by atoms with Crippen LogP contribution in [0.5, 0.6) is 5.75 Å². The number of nitrogens with zero attached hydrogens (tertiary/aromatic N) is 1. The van der Waals surface area contributed by atoms with Crippen molar-refractivity contribution in [3.8, 4) is 5.75 Å². The molecule has 3 rings (SSSR count). The van der Waals surface area contributed by atoms with Crippen molar-refractivity contribution in [1.82, 2.24) is 14.6 Å². The Morgan fingerprint density at radius 2 is 1.95 bits per heavy atom. The van der Waals surface area contributed by atoms with Crippen LogP contribution in [0.3, 0.4) is 0 Å². The summed E-state index contributed by atoms with van der Waals surface area (Å²) in [5, 5.41) is 14.0. The molecule has 1 unspecified atom stereocenters. The lowest BCUT2D eigenvalue weighted by Crippen LogP contribution is -2.48. The summed E-state index contributed by atoms with van der Waals surface area (Å²) in [6.07, 6.45) is -2.43. The highest BCUT2D eigenvalue weighted by atomic mass is 32.5. The molecule has 0 aliphatic carbocycles. The lowest BCUT2D eigenvalue weighted by Gasteiger charge is -2.31. The molecule has 1 aliphatic heterocycles. The number of aromatic nitrogens is 2. The summed E-state index contributed by atoms with van der Waals surface area (Å²) >= 11 is 5.69. The maximum absolute atomic E-state index is 12.4. The monoisotopic (exact) mass is 557 g/mol. The van der Waals surface area contributed by atoms with Gasteiger partial charge in [-0.25, -0.2) is 9.88 Å². The second-order valence-electron chi connectivity index (χ2n) is 8.91. The number of aliphatic hydroxyl groups is 1. The Kier molecular flexibility index (Phi) is 9.46. The van der Waals surface area contributed by atoms with Crippen molar-refractivity contribution in [3.05, 3.63) is 63.4 Å². The Morgan fingerprint density at radius 3 is 2.54 bits per heavy atom. The normalized spacial score (nSPS) is 26.0. The van der Waals surface area contributed by atoms with Gasteiger partial charge in [-0.15, -0.1) is 0 Å². The van der Waals surface area contributed by atoms with Crippen LogP contribution >= 0.6 is 6.64 Å². The fourth-order valence-corrected chi connectivity index (χ4v) is 6.12. The van der Waals surface area contributed by atoms with Crippen LogP contribution in [-0.4, -0.2) is 64.3 Å². The van der Waals surface area contributed by atoms with Crippen molar-refractivity contribution < 1.29 is 33.2 Å². The van der Waals surface area contributed by atoms with Crippen molar-refractivity contribution in [2.75, 3.05) is 13.7 Å². The molecule has 12 nitrogen and oxygen atoms in total. The highest BCUT2D eigenvalue weighted by molar-refractivity contribution is 8.09. The number of benzene rings is 1. The number of aliphatic hydroxyl groups excluding tert-OH is 1. The third kappa shape index (κ3) is 6.94. The van der Waals surface area contributed by atoms with Crippen LogP contribution < -0.4 is 20.9 Å². The van der Waals surface area contributed by atoms with Crippen LogP contribution in [0.1, 0.15) is 33.9 Å². The SMILES string of the molecule is CO[C@]1(C)[C@H](O)[C@@H](COP(=S)(N[C@@H](C)C(=O)OC(C)C)Oc2ccccc2)O[C@H]1n1ccc(=O)[nH]c1=O. The van der Waals surface area contributed by atoms with E-state index in [0.29, 0.717) is 5.75 Å². The van der Waals surface area contributed by atoms with E-state index < -0.39 is 53.9 Å². The number of H-pyrrole nitrogens is 1. The molecule has 0 spiro atoms. The second-order valence-corrected chi connectivity index (χ2v) is 12.0. The summed E-state index contributed by atoms with van der Waals surface area (Å²) in [4.78, 5) is 38.5. The summed E-state index contributed by atoms with van der Waals surface area (Å²) in [5.74, 6) is -0.124. The lowest BCUT2D eigenvalue weighted by atomic mass is 9.96. The fraction of sp³-hybridized carbons (Fsp3) is 0.522. The number of hydrogen-bond donors (Lipinski definition) is 3. The molecular weight excluding hydrogens is 525 g/mol. The van der Waals surface area contributed by atoms with E-state index in [1.54, 1.807) is 58.0 Å². The molecule has 1 aromatic carbocycles. The molecule has 2 heterocycles. The Hall–Kier alpha value is -2.38. The van der Waals surface area contributed by atoms with Gasteiger partial charge in [0.05, 0.1) is 12.7 Å². The first kappa shape index (κ1) is 29.2. The van der Waals surface area contributed by atoms with Crippen LogP contribution in [0.2, 0.25) is 0 Å².